The second kappa shape index (κ2) is 10.3. The van der Waals surface area contributed by atoms with Gasteiger partial charge >= 0.3 is 0 Å². The maximum atomic E-state index is 15.1. The van der Waals surface area contributed by atoms with Gasteiger partial charge in [0.15, 0.2) is 23.1 Å². The Morgan fingerprint density at radius 2 is 2.03 bits per heavy atom. The number of fused-ring (bicyclic) bond motifs is 1. The van der Waals surface area contributed by atoms with Crippen molar-refractivity contribution in [2.75, 3.05) is 26.0 Å². The van der Waals surface area contributed by atoms with Crippen molar-refractivity contribution in [3.8, 4) is 11.8 Å². The van der Waals surface area contributed by atoms with Crippen LogP contribution in [0.5, 0.6) is 0 Å². The van der Waals surface area contributed by atoms with E-state index in [1.54, 1.807) is 6.92 Å². The predicted octanol–water partition coefficient (Wildman–Crippen LogP) is 2.66. The maximum Gasteiger partial charge on any atom is 0.255 e. The second-order valence-electron chi connectivity index (χ2n) is 8.28. The van der Waals surface area contributed by atoms with E-state index in [1.165, 1.54) is 40.9 Å². The van der Waals surface area contributed by atoms with Crippen LogP contribution in [0.3, 0.4) is 0 Å². The molecule has 0 aliphatic carbocycles. The van der Waals surface area contributed by atoms with Crippen LogP contribution < -0.4 is 11.1 Å². The zero-order valence-corrected chi connectivity index (χ0v) is 20.8. The van der Waals surface area contributed by atoms with Gasteiger partial charge in [-0.3, -0.25) is 9.59 Å². The Morgan fingerprint density at radius 3 is 2.63 bits per heavy atom. The van der Waals surface area contributed by atoms with Gasteiger partial charge in [0.05, 0.1) is 25.2 Å². The normalized spacial score (nSPS) is 16.0. The van der Waals surface area contributed by atoms with Gasteiger partial charge in [0, 0.05) is 26.6 Å². The van der Waals surface area contributed by atoms with E-state index < -0.39 is 35.0 Å². The first-order chi connectivity index (χ1) is 18.2. The number of imidazole rings is 1. The Bertz CT molecular complexity index is 1560. The van der Waals surface area contributed by atoms with E-state index >= 15 is 4.39 Å². The third-order valence-electron chi connectivity index (χ3n) is 6.15. The summed E-state index contributed by atoms with van der Waals surface area (Å²) in [6.07, 6.45) is 4.06. The minimum atomic E-state index is -1.49. The van der Waals surface area contributed by atoms with E-state index in [0.29, 0.717) is 12.1 Å². The number of halogens is 3. The number of nitrogens with one attached hydrogen (secondary N) is 1. The maximum absolute atomic E-state index is 15.1. The highest BCUT2D eigenvalue weighted by atomic mass is 19.2. The molecule has 0 bridgehead atoms. The van der Waals surface area contributed by atoms with Gasteiger partial charge in [0.2, 0.25) is 5.91 Å². The molecule has 1 saturated heterocycles. The Labute approximate surface area is 215 Å². The Morgan fingerprint density at radius 1 is 1.29 bits per heavy atom. The summed E-state index contributed by atoms with van der Waals surface area (Å²) >= 11 is 0. The number of allylic oxidation sites excluding steroid dienone is 1. The molecule has 4 rings (SSSR count). The summed E-state index contributed by atoms with van der Waals surface area (Å²) in [6, 6.07) is -0.475. The van der Waals surface area contributed by atoms with Crippen molar-refractivity contribution in [2.24, 2.45) is 5.73 Å². The van der Waals surface area contributed by atoms with Gasteiger partial charge in [-0.15, -0.1) is 0 Å². The Hall–Kier alpha value is -4.73. The molecule has 1 aliphatic heterocycles. The lowest BCUT2D eigenvalue weighted by Crippen LogP contribution is -2.27. The van der Waals surface area contributed by atoms with Crippen LogP contribution >= 0.6 is 0 Å². The van der Waals surface area contributed by atoms with Crippen molar-refractivity contribution in [3.05, 3.63) is 65.2 Å². The third-order valence-corrected chi connectivity index (χ3v) is 6.15. The summed E-state index contributed by atoms with van der Waals surface area (Å²) in [5, 5.41) is 7.21. The molecule has 38 heavy (non-hydrogen) atoms. The number of nitrogens with zero attached hydrogens (tertiary/aromatic N) is 5. The second-order valence-corrected chi connectivity index (χ2v) is 8.28. The molecule has 3 heterocycles. The molecule has 1 atom stereocenters. The minimum Gasteiger partial charge on any atom is -0.503 e. The summed E-state index contributed by atoms with van der Waals surface area (Å²) in [7, 11) is 2.96. The number of primary amides is 1. The molecule has 1 aromatic carbocycles. The van der Waals surface area contributed by atoms with E-state index in [-0.39, 0.29) is 47.1 Å². The van der Waals surface area contributed by atoms with Crippen molar-refractivity contribution in [3.63, 3.8) is 0 Å². The van der Waals surface area contributed by atoms with Crippen LogP contribution in [-0.4, -0.2) is 56.7 Å². The van der Waals surface area contributed by atoms with Crippen LogP contribution in [0.1, 0.15) is 41.0 Å². The van der Waals surface area contributed by atoms with E-state index in [4.69, 9.17) is 10.5 Å². The highest BCUT2D eigenvalue weighted by Crippen LogP contribution is 2.34. The fraction of sp³-hybridized carbons (Fsp3) is 0.280. The predicted molar refractivity (Wildman–Crippen MR) is 132 cm³/mol. The molecule has 2 amide bonds. The fourth-order valence-electron chi connectivity index (χ4n) is 4.43. The van der Waals surface area contributed by atoms with Crippen LogP contribution in [0.4, 0.5) is 19.0 Å². The number of aryl methyl sites for hydroxylation is 1. The lowest BCUT2D eigenvalue weighted by Gasteiger charge is -2.16. The van der Waals surface area contributed by atoms with Crippen molar-refractivity contribution in [1.29, 1.82) is 0 Å². The van der Waals surface area contributed by atoms with Gasteiger partial charge in [-0.05, 0) is 18.9 Å². The van der Waals surface area contributed by atoms with Crippen LogP contribution in [0.25, 0.3) is 11.0 Å². The summed E-state index contributed by atoms with van der Waals surface area (Å²) in [5.74, 6) is -0.284. The van der Waals surface area contributed by atoms with Crippen LogP contribution in [0, 0.1) is 29.3 Å². The first-order valence-corrected chi connectivity index (χ1v) is 11.5. The number of amides is 2. The van der Waals surface area contributed by atoms with Gasteiger partial charge < -0.3 is 25.3 Å². The van der Waals surface area contributed by atoms with Crippen molar-refractivity contribution < 1.29 is 27.5 Å². The number of anilines is 1. The molecule has 3 N–H and O–H groups in total. The molecule has 13 heteroatoms. The smallest absolute Gasteiger partial charge is 0.255 e. The molecule has 0 saturated carbocycles. The number of likely N-dealkylation sites (tertiary alicyclic amines) is 1. The first kappa shape index (κ1) is 26.3. The highest BCUT2D eigenvalue weighted by molar-refractivity contribution is 6.00. The van der Waals surface area contributed by atoms with Crippen molar-refractivity contribution in [2.45, 2.75) is 25.9 Å². The lowest BCUT2D eigenvalue weighted by molar-refractivity contribution is -0.123. The first-order valence-electron chi connectivity index (χ1n) is 11.5. The number of hydrogen-bond acceptors (Lipinski definition) is 6. The number of nitrogens with two attached hydrogens (primary N) is 1. The molecule has 198 valence electrons. The monoisotopic (exact) mass is 527 g/mol. The number of methoxy groups -OCH3 is 1. The standard InChI is InChI=1S/C25H24F3N7O3/c1-5-17(36)34-10-13(9-14(34)11-38-4)35-25(30-3)18(24(29)37)16(32-35)8-7-15-19(26)21(28)23-22(20(15)27)31-12-33(23)6-2/h5,11-13,30H,1,6,9-10H2,2-4H3,(H2,29,37)/b14-11+/t13-/m0/s1. The number of ether oxygens (including phenoxy) is 1. The highest BCUT2D eigenvalue weighted by Gasteiger charge is 2.35. The molecule has 10 nitrogen and oxygen atoms in total. The van der Waals surface area contributed by atoms with Gasteiger partial charge in [-0.25, -0.2) is 22.8 Å². The molecular weight excluding hydrogens is 503 g/mol. The van der Waals surface area contributed by atoms with Gasteiger partial charge in [-0.1, -0.05) is 12.5 Å². The van der Waals surface area contributed by atoms with Crippen molar-refractivity contribution >= 4 is 28.7 Å². The molecule has 3 aromatic rings. The molecule has 0 radical (unpaired) electrons. The van der Waals surface area contributed by atoms with Gasteiger partial charge in [0.25, 0.3) is 5.91 Å². The average Bonchev–Trinajstić information content (AvgIpc) is 3.61. The van der Waals surface area contributed by atoms with E-state index in [9.17, 15) is 18.4 Å². The number of carbonyl (C=O) groups excluding carboxylic acids is 2. The molecule has 2 aromatic heterocycles. The molecule has 1 aliphatic rings. The molecule has 0 spiro atoms. The summed E-state index contributed by atoms with van der Waals surface area (Å²) in [6.45, 7) is 5.59. The topological polar surface area (TPSA) is 120 Å². The van der Waals surface area contributed by atoms with Crippen LogP contribution in [0.2, 0.25) is 0 Å². The Balaban J connectivity index is 1.83. The SMILES string of the molecule is C=CC(=O)N1C[C@@H](n2nc(C#Cc3c(F)c(F)c4c(ncn4CC)c3F)c(C(N)=O)c2NC)C/C1=C\OC. The zero-order chi connectivity index (χ0) is 27.7. The number of hydrogen-bond donors (Lipinski definition) is 2. The van der Waals surface area contributed by atoms with Crippen molar-refractivity contribution in [1.82, 2.24) is 24.2 Å². The number of benzene rings is 1. The number of carbonyl (C=O) groups is 2. The lowest BCUT2D eigenvalue weighted by atomic mass is 10.1. The Kier molecular flexibility index (Phi) is 7.16. The third kappa shape index (κ3) is 4.23. The van der Waals surface area contributed by atoms with E-state index in [1.807, 2.05) is 0 Å². The fourth-order valence-corrected chi connectivity index (χ4v) is 4.43. The molecule has 1 fully saturated rings. The minimum absolute atomic E-state index is 0.136. The molecule has 0 unspecified atom stereocenters. The quantitative estimate of drug-likeness (QED) is 0.220. The van der Waals surface area contributed by atoms with Crippen LogP contribution in [-0.2, 0) is 16.1 Å². The largest absolute Gasteiger partial charge is 0.503 e. The summed E-state index contributed by atoms with van der Waals surface area (Å²) in [4.78, 5) is 30.0. The average molecular weight is 528 g/mol. The molecular formula is C25H24F3N7O3. The summed E-state index contributed by atoms with van der Waals surface area (Å²) < 4.78 is 52.5. The van der Waals surface area contributed by atoms with Crippen LogP contribution in [0.15, 0.2) is 30.9 Å². The zero-order valence-electron chi connectivity index (χ0n) is 20.8. The van der Waals surface area contributed by atoms with Gasteiger partial charge in [0.1, 0.15) is 34.2 Å². The number of rotatable bonds is 6. The van der Waals surface area contributed by atoms with E-state index in [2.05, 4.69) is 33.8 Å². The van der Waals surface area contributed by atoms with E-state index in [0.717, 1.165) is 6.08 Å². The summed E-state index contributed by atoms with van der Waals surface area (Å²) in [5.41, 5.74) is 4.27. The van der Waals surface area contributed by atoms with Gasteiger partial charge in [-0.2, -0.15) is 5.10 Å². The number of aromatic nitrogens is 4.